The normalized spacial score (nSPS) is 12.8. The third kappa shape index (κ3) is 66.8. The van der Waals surface area contributed by atoms with E-state index in [-0.39, 0.29) is 31.1 Å². The van der Waals surface area contributed by atoms with Crippen molar-refractivity contribution >= 4 is 17.9 Å². The van der Waals surface area contributed by atoms with Crippen LogP contribution in [0.2, 0.25) is 0 Å². The van der Waals surface area contributed by atoms with E-state index in [1.165, 1.54) is 154 Å². The molecule has 6 heteroatoms. The Balaban J connectivity index is 4.33. The van der Waals surface area contributed by atoms with Crippen molar-refractivity contribution in [2.75, 3.05) is 13.2 Å². The Morgan fingerprint density at radius 1 is 0.259 bits per heavy atom. The highest BCUT2D eigenvalue weighted by molar-refractivity contribution is 5.71. The molecule has 0 saturated heterocycles. The molecule has 0 aromatic heterocycles. The Kier molecular flexibility index (Phi) is 65.2. The number of carbonyl (C=O) groups is 3. The van der Waals surface area contributed by atoms with Crippen LogP contribution in [0.4, 0.5) is 0 Å². The molecule has 0 N–H and O–H groups in total. The van der Waals surface area contributed by atoms with Gasteiger partial charge in [-0.05, 0) is 122 Å². The zero-order valence-electron chi connectivity index (χ0n) is 53.3. The number of carbonyl (C=O) groups excluding carboxylic acids is 3. The number of allylic oxidation sites excluding steroid dienone is 18. The molecule has 0 aliphatic carbocycles. The van der Waals surface area contributed by atoms with Crippen LogP contribution in [0.3, 0.4) is 0 Å². The van der Waals surface area contributed by atoms with E-state index in [9.17, 15) is 14.4 Å². The van der Waals surface area contributed by atoms with Gasteiger partial charge in [-0.25, -0.2) is 0 Å². The number of ether oxygens (including phenoxy) is 3. The molecule has 0 heterocycles. The topological polar surface area (TPSA) is 78.9 Å². The maximum absolute atomic E-state index is 12.9. The molecule has 464 valence electrons. The van der Waals surface area contributed by atoms with Crippen LogP contribution in [-0.4, -0.2) is 37.2 Å². The lowest BCUT2D eigenvalue weighted by molar-refractivity contribution is -0.167. The van der Waals surface area contributed by atoms with Gasteiger partial charge >= 0.3 is 17.9 Å². The van der Waals surface area contributed by atoms with Gasteiger partial charge in [0, 0.05) is 19.3 Å². The molecular formula is C75H128O6. The van der Waals surface area contributed by atoms with Gasteiger partial charge in [0.25, 0.3) is 0 Å². The molecule has 0 saturated carbocycles. The minimum Gasteiger partial charge on any atom is -0.462 e. The van der Waals surface area contributed by atoms with Gasteiger partial charge < -0.3 is 14.2 Å². The summed E-state index contributed by atoms with van der Waals surface area (Å²) in [5, 5.41) is 0. The number of unbranched alkanes of at least 4 members (excludes halogenated alkanes) is 33. The second kappa shape index (κ2) is 68.6. The lowest BCUT2D eigenvalue weighted by Gasteiger charge is -2.18. The highest BCUT2D eigenvalue weighted by atomic mass is 16.6. The highest BCUT2D eigenvalue weighted by Crippen LogP contribution is 2.16. The molecule has 1 unspecified atom stereocenters. The van der Waals surface area contributed by atoms with Crippen molar-refractivity contribution in [3.05, 3.63) is 109 Å². The molecule has 0 rings (SSSR count). The quantitative estimate of drug-likeness (QED) is 0.0261. The molecule has 0 bridgehead atoms. The van der Waals surface area contributed by atoms with E-state index >= 15 is 0 Å². The SMILES string of the molecule is CC/C=C\C/C=C\C/C=C\C/C=C\C/C=C\C/C=C\CCCCCCCCCCC(=O)OCC(COC(=O)CCCCCCC/C=C\C/C=C\CCC)OC(=O)CCCCCCCCCCCCC/C=C\CCCCCCCCCC. The summed E-state index contributed by atoms with van der Waals surface area (Å²) in [6, 6.07) is 0. The summed E-state index contributed by atoms with van der Waals surface area (Å²) in [5.74, 6) is -0.899. The second-order valence-corrected chi connectivity index (χ2v) is 22.7. The summed E-state index contributed by atoms with van der Waals surface area (Å²) < 4.78 is 16.9. The lowest BCUT2D eigenvalue weighted by Crippen LogP contribution is -2.30. The number of rotatable bonds is 62. The summed E-state index contributed by atoms with van der Waals surface area (Å²) in [7, 11) is 0. The van der Waals surface area contributed by atoms with Crippen LogP contribution >= 0.6 is 0 Å². The van der Waals surface area contributed by atoms with E-state index in [0.717, 1.165) is 135 Å². The number of hydrogen-bond acceptors (Lipinski definition) is 6. The summed E-state index contributed by atoms with van der Waals surface area (Å²) in [6.45, 7) is 6.47. The van der Waals surface area contributed by atoms with Gasteiger partial charge in [-0.2, -0.15) is 0 Å². The summed E-state index contributed by atoms with van der Waals surface area (Å²) in [6.07, 6.45) is 93.9. The summed E-state index contributed by atoms with van der Waals surface area (Å²) >= 11 is 0. The predicted molar refractivity (Wildman–Crippen MR) is 353 cm³/mol. The van der Waals surface area contributed by atoms with Crippen LogP contribution in [0.1, 0.15) is 329 Å². The molecular weight excluding hydrogens is 997 g/mol. The second-order valence-electron chi connectivity index (χ2n) is 22.7. The van der Waals surface area contributed by atoms with Crippen LogP contribution < -0.4 is 0 Å². The smallest absolute Gasteiger partial charge is 0.306 e. The first kappa shape index (κ1) is 77.1. The van der Waals surface area contributed by atoms with Gasteiger partial charge in [-0.1, -0.05) is 297 Å². The molecule has 0 amide bonds. The Hall–Kier alpha value is -3.93. The standard InChI is InChI=1S/C75H128O6/c1-4-7-10-13-16-19-22-25-27-29-31-33-35-36-37-38-40-41-43-45-47-50-53-56-59-62-65-68-74(77)80-71-72(70-79-73(76)67-64-61-58-55-52-49-24-21-18-15-12-9-6-3)81-75(78)69-66-63-60-57-54-51-48-46-44-42-39-34-32-30-28-26-23-20-17-14-11-8-5-2/h7,10,12,15-16,19,21,24-25,27,30-33,36-37,40-41,72H,4-6,8-9,11,13-14,17-18,20,22-23,26,28-29,34-35,38-39,42-71H2,1-3H3/b10-7-,15-12-,19-16-,24-21-,27-25-,32-30-,33-31-,37-36-,41-40-. The first-order valence-electron chi connectivity index (χ1n) is 34.4. The van der Waals surface area contributed by atoms with Crippen molar-refractivity contribution in [2.24, 2.45) is 0 Å². The maximum Gasteiger partial charge on any atom is 0.306 e. The third-order valence-electron chi connectivity index (χ3n) is 14.7. The van der Waals surface area contributed by atoms with Crippen molar-refractivity contribution < 1.29 is 28.6 Å². The average Bonchev–Trinajstić information content (AvgIpc) is 3.46. The van der Waals surface area contributed by atoms with E-state index in [2.05, 4.69) is 130 Å². The van der Waals surface area contributed by atoms with Crippen LogP contribution in [0, 0.1) is 0 Å². The first-order valence-corrected chi connectivity index (χ1v) is 34.4. The zero-order valence-corrected chi connectivity index (χ0v) is 53.3. The molecule has 1 atom stereocenters. The van der Waals surface area contributed by atoms with Crippen LogP contribution in [0.25, 0.3) is 0 Å². The summed E-state index contributed by atoms with van der Waals surface area (Å²) in [5.41, 5.74) is 0. The Bertz CT molecular complexity index is 1620. The van der Waals surface area contributed by atoms with Gasteiger partial charge in [-0.3, -0.25) is 14.4 Å². The molecule has 0 aromatic rings. The van der Waals surface area contributed by atoms with Gasteiger partial charge in [0.05, 0.1) is 0 Å². The zero-order chi connectivity index (χ0) is 58.5. The molecule has 6 nitrogen and oxygen atoms in total. The van der Waals surface area contributed by atoms with Crippen LogP contribution in [0.5, 0.6) is 0 Å². The minimum atomic E-state index is -0.791. The van der Waals surface area contributed by atoms with E-state index in [1.807, 2.05) is 0 Å². The van der Waals surface area contributed by atoms with Gasteiger partial charge in [0.15, 0.2) is 6.10 Å². The van der Waals surface area contributed by atoms with Crippen molar-refractivity contribution in [1.82, 2.24) is 0 Å². The average molecular weight is 1130 g/mol. The van der Waals surface area contributed by atoms with Crippen LogP contribution in [0.15, 0.2) is 109 Å². The van der Waals surface area contributed by atoms with E-state index < -0.39 is 6.10 Å². The third-order valence-corrected chi connectivity index (χ3v) is 14.7. The molecule has 0 aromatic carbocycles. The fraction of sp³-hybridized carbons (Fsp3) is 0.720. The van der Waals surface area contributed by atoms with E-state index in [1.54, 1.807) is 0 Å². The van der Waals surface area contributed by atoms with Crippen molar-refractivity contribution in [2.45, 2.75) is 335 Å². The monoisotopic (exact) mass is 1120 g/mol. The molecule has 0 radical (unpaired) electrons. The first-order chi connectivity index (χ1) is 40.0. The molecule has 0 aliphatic rings. The van der Waals surface area contributed by atoms with Gasteiger partial charge in [0.2, 0.25) is 0 Å². The minimum absolute atomic E-state index is 0.0870. The molecule has 0 spiro atoms. The fourth-order valence-corrected chi connectivity index (χ4v) is 9.60. The Morgan fingerprint density at radius 3 is 0.815 bits per heavy atom. The Morgan fingerprint density at radius 2 is 0.506 bits per heavy atom. The summed E-state index contributed by atoms with van der Waals surface area (Å²) in [4.78, 5) is 38.4. The van der Waals surface area contributed by atoms with Crippen molar-refractivity contribution in [3.63, 3.8) is 0 Å². The van der Waals surface area contributed by atoms with Gasteiger partial charge in [-0.15, -0.1) is 0 Å². The lowest BCUT2D eigenvalue weighted by atomic mass is 10.0. The van der Waals surface area contributed by atoms with E-state index in [0.29, 0.717) is 19.3 Å². The fourth-order valence-electron chi connectivity index (χ4n) is 9.60. The number of esters is 3. The largest absolute Gasteiger partial charge is 0.462 e. The van der Waals surface area contributed by atoms with Crippen molar-refractivity contribution in [3.8, 4) is 0 Å². The Labute approximate surface area is 501 Å². The van der Waals surface area contributed by atoms with E-state index in [4.69, 9.17) is 14.2 Å². The molecule has 81 heavy (non-hydrogen) atoms. The van der Waals surface area contributed by atoms with Gasteiger partial charge in [0.1, 0.15) is 13.2 Å². The van der Waals surface area contributed by atoms with Crippen LogP contribution in [-0.2, 0) is 28.6 Å². The van der Waals surface area contributed by atoms with Crippen molar-refractivity contribution in [1.29, 1.82) is 0 Å². The molecule has 0 fully saturated rings. The number of hydrogen-bond donors (Lipinski definition) is 0. The maximum atomic E-state index is 12.9. The highest BCUT2D eigenvalue weighted by Gasteiger charge is 2.19. The molecule has 0 aliphatic heterocycles. The predicted octanol–water partition coefficient (Wildman–Crippen LogP) is 23.8.